The molecular formula is C18H17NO. The molecule has 2 nitrogen and oxygen atoms in total. The second kappa shape index (κ2) is 5.33. The summed E-state index contributed by atoms with van der Waals surface area (Å²) in [6, 6.07) is 18.2. The van der Waals surface area contributed by atoms with Crippen molar-refractivity contribution in [3.8, 4) is 11.6 Å². The molecule has 0 unspecified atom stereocenters. The summed E-state index contributed by atoms with van der Waals surface area (Å²) in [5, 5.41) is 2.21. The van der Waals surface area contributed by atoms with Crippen molar-refractivity contribution in [1.82, 2.24) is 4.98 Å². The summed E-state index contributed by atoms with van der Waals surface area (Å²) in [4.78, 5) is 4.35. The summed E-state index contributed by atoms with van der Waals surface area (Å²) >= 11 is 0. The van der Waals surface area contributed by atoms with E-state index in [0.717, 1.165) is 16.5 Å². The number of ether oxygens (including phenoxy) is 1. The van der Waals surface area contributed by atoms with E-state index in [4.69, 9.17) is 4.74 Å². The molecule has 0 saturated carbocycles. The van der Waals surface area contributed by atoms with E-state index in [0.29, 0.717) is 11.8 Å². The highest BCUT2D eigenvalue weighted by atomic mass is 16.5. The first-order chi connectivity index (χ1) is 9.74. The zero-order valence-corrected chi connectivity index (χ0v) is 11.7. The lowest BCUT2D eigenvalue weighted by Gasteiger charge is -2.10. The van der Waals surface area contributed by atoms with Crippen LogP contribution in [0, 0.1) is 0 Å². The topological polar surface area (TPSA) is 22.1 Å². The zero-order chi connectivity index (χ0) is 13.9. The quantitative estimate of drug-likeness (QED) is 0.652. The molecule has 0 aliphatic carbocycles. The lowest BCUT2D eigenvalue weighted by Crippen LogP contribution is -1.91. The predicted molar refractivity (Wildman–Crippen MR) is 82.3 cm³/mol. The highest BCUT2D eigenvalue weighted by Crippen LogP contribution is 2.29. The second-order valence-corrected chi connectivity index (χ2v) is 5.17. The van der Waals surface area contributed by atoms with Crippen molar-refractivity contribution in [2.75, 3.05) is 0 Å². The van der Waals surface area contributed by atoms with Gasteiger partial charge in [0.2, 0.25) is 5.88 Å². The fourth-order valence-electron chi connectivity index (χ4n) is 2.21. The van der Waals surface area contributed by atoms with E-state index in [1.54, 1.807) is 6.20 Å². The molecule has 1 heterocycles. The highest BCUT2D eigenvalue weighted by Gasteiger charge is 2.07. The molecule has 0 aliphatic heterocycles. The molecule has 0 N–H and O–H groups in total. The van der Waals surface area contributed by atoms with Crippen molar-refractivity contribution < 1.29 is 4.74 Å². The Morgan fingerprint density at radius 3 is 2.50 bits per heavy atom. The van der Waals surface area contributed by atoms with E-state index in [9.17, 15) is 0 Å². The van der Waals surface area contributed by atoms with Gasteiger partial charge in [-0.15, -0.1) is 0 Å². The first-order valence-corrected chi connectivity index (χ1v) is 6.85. The van der Waals surface area contributed by atoms with Gasteiger partial charge in [-0.2, -0.15) is 0 Å². The number of para-hydroxylation sites is 1. The molecule has 0 radical (unpaired) electrons. The van der Waals surface area contributed by atoms with Gasteiger partial charge in [0.05, 0.1) is 0 Å². The Balaban J connectivity index is 2.04. The third-order valence-corrected chi connectivity index (χ3v) is 3.38. The minimum absolute atomic E-state index is 0.519. The third kappa shape index (κ3) is 2.50. The molecule has 0 atom stereocenters. The lowest BCUT2D eigenvalue weighted by molar-refractivity contribution is 0.469. The number of nitrogens with zero attached hydrogens (tertiary/aromatic N) is 1. The minimum atomic E-state index is 0.519. The van der Waals surface area contributed by atoms with Crippen molar-refractivity contribution in [3.05, 3.63) is 66.4 Å². The Kier molecular flexibility index (Phi) is 3.38. The van der Waals surface area contributed by atoms with Gasteiger partial charge in [0.15, 0.2) is 0 Å². The summed E-state index contributed by atoms with van der Waals surface area (Å²) < 4.78 is 5.88. The molecule has 0 fully saturated rings. The molecule has 20 heavy (non-hydrogen) atoms. The number of hydrogen-bond acceptors (Lipinski definition) is 2. The number of fused-ring (bicyclic) bond motifs is 1. The molecule has 0 aliphatic rings. The summed E-state index contributed by atoms with van der Waals surface area (Å²) in [7, 11) is 0. The molecule has 2 heteroatoms. The van der Waals surface area contributed by atoms with Crippen LogP contribution < -0.4 is 4.74 Å². The van der Waals surface area contributed by atoms with Crippen LogP contribution in [0.3, 0.4) is 0 Å². The fraction of sp³-hybridized carbons (Fsp3) is 0.167. The number of hydrogen-bond donors (Lipinski definition) is 0. The van der Waals surface area contributed by atoms with Gasteiger partial charge in [-0.05, 0) is 41.1 Å². The molecule has 1 aromatic heterocycles. The summed E-state index contributed by atoms with van der Waals surface area (Å²) in [5.41, 5.74) is 1.33. The van der Waals surface area contributed by atoms with Gasteiger partial charge in [0, 0.05) is 11.6 Å². The average molecular weight is 263 g/mol. The smallest absolute Gasteiger partial charge is 0.227 e. The Morgan fingerprint density at radius 2 is 1.75 bits per heavy atom. The van der Waals surface area contributed by atoms with Gasteiger partial charge in [-0.3, -0.25) is 0 Å². The normalized spacial score (nSPS) is 10.9. The van der Waals surface area contributed by atoms with E-state index in [-0.39, 0.29) is 0 Å². The Morgan fingerprint density at radius 1 is 0.950 bits per heavy atom. The van der Waals surface area contributed by atoms with Gasteiger partial charge in [0.1, 0.15) is 5.75 Å². The van der Waals surface area contributed by atoms with Crippen LogP contribution in [0.5, 0.6) is 11.6 Å². The van der Waals surface area contributed by atoms with Crippen LogP contribution in [0.25, 0.3) is 10.8 Å². The van der Waals surface area contributed by atoms with Gasteiger partial charge in [-0.1, -0.05) is 44.2 Å². The van der Waals surface area contributed by atoms with Crippen molar-refractivity contribution in [1.29, 1.82) is 0 Å². The van der Waals surface area contributed by atoms with Gasteiger partial charge < -0.3 is 4.74 Å². The maximum atomic E-state index is 5.88. The summed E-state index contributed by atoms with van der Waals surface area (Å²) in [6.45, 7) is 4.40. The molecule has 3 rings (SSSR count). The highest BCUT2D eigenvalue weighted by molar-refractivity contribution is 5.87. The molecule has 0 amide bonds. The van der Waals surface area contributed by atoms with Crippen molar-refractivity contribution in [3.63, 3.8) is 0 Å². The standard InChI is InChI=1S/C18H17NO/c1-13(2)14-8-9-17-15(12-14)10-11-19-18(17)20-16-6-4-3-5-7-16/h3-13H,1-2H3. The van der Waals surface area contributed by atoms with Gasteiger partial charge in [-0.25, -0.2) is 4.98 Å². The molecule has 0 spiro atoms. The SMILES string of the molecule is CC(C)c1ccc2c(Oc3ccccc3)nccc2c1. The van der Waals surface area contributed by atoms with Crippen molar-refractivity contribution in [2.45, 2.75) is 19.8 Å². The molecule has 3 aromatic rings. The van der Waals surface area contributed by atoms with Gasteiger partial charge in [0.25, 0.3) is 0 Å². The first kappa shape index (κ1) is 12.7. The monoisotopic (exact) mass is 263 g/mol. The van der Waals surface area contributed by atoms with Crippen molar-refractivity contribution >= 4 is 10.8 Å². The molecule has 0 bridgehead atoms. The van der Waals surface area contributed by atoms with E-state index in [1.807, 2.05) is 36.4 Å². The van der Waals surface area contributed by atoms with Crippen LogP contribution in [0.15, 0.2) is 60.8 Å². The fourth-order valence-corrected chi connectivity index (χ4v) is 2.21. The van der Waals surface area contributed by atoms with Gasteiger partial charge >= 0.3 is 0 Å². The number of aromatic nitrogens is 1. The zero-order valence-electron chi connectivity index (χ0n) is 11.7. The summed E-state index contributed by atoms with van der Waals surface area (Å²) in [6.07, 6.45) is 1.80. The van der Waals surface area contributed by atoms with Crippen LogP contribution in [0.4, 0.5) is 0 Å². The molecular weight excluding hydrogens is 246 g/mol. The van der Waals surface area contributed by atoms with Crippen LogP contribution in [0.1, 0.15) is 25.3 Å². The van der Waals surface area contributed by atoms with Crippen LogP contribution in [0.2, 0.25) is 0 Å². The number of pyridine rings is 1. The van der Waals surface area contributed by atoms with Crippen LogP contribution in [-0.4, -0.2) is 4.98 Å². The Bertz CT molecular complexity index is 720. The largest absolute Gasteiger partial charge is 0.438 e. The third-order valence-electron chi connectivity index (χ3n) is 3.38. The Hall–Kier alpha value is -2.35. The molecule has 100 valence electrons. The second-order valence-electron chi connectivity index (χ2n) is 5.17. The van der Waals surface area contributed by atoms with Crippen molar-refractivity contribution in [2.24, 2.45) is 0 Å². The summed E-state index contributed by atoms with van der Waals surface area (Å²) in [5.74, 6) is 1.98. The lowest BCUT2D eigenvalue weighted by atomic mass is 10.0. The predicted octanol–water partition coefficient (Wildman–Crippen LogP) is 5.15. The van der Waals surface area contributed by atoms with Crippen LogP contribution >= 0.6 is 0 Å². The maximum absolute atomic E-state index is 5.88. The maximum Gasteiger partial charge on any atom is 0.227 e. The van der Waals surface area contributed by atoms with E-state index in [1.165, 1.54) is 5.56 Å². The number of benzene rings is 2. The molecule has 2 aromatic carbocycles. The molecule has 0 saturated heterocycles. The Labute approximate surface area is 119 Å². The van der Waals surface area contributed by atoms with E-state index < -0.39 is 0 Å². The van der Waals surface area contributed by atoms with Crippen LogP contribution in [-0.2, 0) is 0 Å². The van der Waals surface area contributed by atoms with E-state index >= 15 is 0 Å². The average Bonchev–Trinajstić information content (AvgIpc) is 2.48. The number of rotatable bonds is 3. The van der Waals surface area contributed by atoms with E-state index in [2.05, 4.69) is 37.0 Å². The first-order valence-electron chi connectivity index (χ1n) is 6.85. The minimum Gasteiger partial charge on any atom is -0.438 e.